The highest BCUT2D eigenvalue weighted by molar-refractivity contribution is 5.35. The summed E-state index contributed by atoms with van der Waals surface area (Å²) in [5.74, 6) is 3.86. The number of imidazole rings is 1. The van der Waals surface area contributed by atoms with Gasteiger partial charge in [-0.2, -0.15) is 15.0 Å². The van der Waals surface area contributed by atoms with E-state index in [1.807, 2.05) is 0 Å². The second-order valence-corrected chi connectivity index (χ2v) is 6.10. The van der Waals surface area contributed by atoms with Crippen molar-refractivity contribution < 1.29 is 0 Å². The van der Waals surface area contributed by atoms with Crippen LogP contribution in [0.2, 0.25) is 0 Å². The van der Waals surface area contributed by atoms with Crippen LogP contribution in [0.5, 0.6) is 0 Å². The van der Waals surface area contributed by atoms with Crippen LogP contribution in [0.1, 0.15) is 25.7 Å². The summed E-state index contributed by atoms with van der Waals surface area (Å²) in [6.07, 6.45) is 10.7. The second kappa shape index (κ2) is 4.98. The van der Waals surface area contributed by atoms with Crippen molar-refractivity contribution in [2.24, 2.45) is 17.8 Å². The minimum atomic E-state index is 0.226. The minimum absolute atomic E-state index is 0.226. The first-order valence-corrected chi connectivity index (χ1v) is 7.51. The highest BCUT2D eigenvalue weighted by Crippen LogP contribution is 2.48. The Balaban J connectivity index is 1.47. The van der Waals surface area contributed by atoms with Crippen LogP contribution in [0.15, 0.2) is 18.7 Å². The summed E-state index contributed by atoms with van der Waals surface area (Å²) in [5.41, 5.74) is 5.77. The first-order chi connectivity index (χ1) is 10.3. The van der Waals surface area contributed by atoms with Crippen molar-refractivity contribution in [3.63, 3.8) is 0 Å². The molecule has 3 N–H and O–H groups in total. The average molecular weight is 285 g/mol. The van der Waals surface area contributed by atoms with Gasteiger partial charge in [0.2, 0.25) is 17.8 Å². The maximum absolute atomic E-state index is 5.77. The Bertz CT molecular complexity index is 624. The molecule has 7 heteroatoms. The monoisotopic (exact) mass is 285 g/mol. The van der Waals surface area contributed by atoms with Gasteiger partial charge in [0.15, 0.2) is 0 Å². The molecule has 2 aliphatic rings. The predicted molar refractivity (Wildman–Crippen MR) is 78.8 cm³/mol. The number of hydrogen-bond donors (Lipinski definition) is 2. The second-order valence-electron chi connectivity index (χ2n) is 6.10. The zero-order chi connectivity index (χ0) is 14.2. The minimum Gasteiger partial charge on any atom is -0.368 e. The van der Waals surface area contributed by atoms with E-state index in [2.05, 4.69) is 25.3 Å². The molecule has 21 heavy (non-hydrogen) atoms. The number of nitrogens with zero attached hydrogens (tertiary/aromatic N) is 5. The fourth-order valence-electron chi connectivity index (χ4n) is 3.80. The third-order valence-corrected chi connectivity index (χ3v) is 4.78. The lowest BCUT2D eigenvalue weighted by Crippen LogP contribution is -2.21. The van der Waals surface area contributed by atoms with E-state index in [4.69, 9.17) is 5.73 Å². The van der Waals surface area contributed by atoms with Crippen LogP contribution < -0.4 is 11.1 Å². The topological polar surface area (TPSA) is 94.5 Å². The van der Waals surface area contributed by atoms with Crippen molar-refractivity contribution in [2.45, 2.75) is 25.7 Å². The Kier molecular flexibility index (Phi) is 2.98. The van der Waals surface area contributed by atoms with E-state index in [0.717, 1.165) is 24.3 Å². The molecule has 2 heterocycles. The largest absolute Gasteiger partial charge is 0.368 e. The highest BCUT2D eigenvalue weighted by Gasteiger charge is 2.39. The summed E-state index contributed by atoms with van der Waals surface area (Å²) in [5, 5.41) is 3.34. The van der Waals surface area contributed by atoms with E-state index in [9.17, 15) is 0 Å². The first-order valence-electron chi connectivity index (χ1n) is 7.51. The van der Waals surface area contributed by atoms with Crippen molar-refractivity contribution in [1.29, 1.82) is 0 Å². The molecule has 2 saturated carbocycles. The third kappa shape index (κ3) is 2.43. The van der Waals surface area contributed by atoms with Crippen LogP contribution in [-0.2, 0) is 0 Å². The lowest BCUT2D eigenvalue weighted by atomic mass is 9.89. The Morgan fingerprint density at radius 1 is 1.24 bits per heavy atom. The van der Waals surface area contributed by atoms with E-state index in [1.165, 1.54) is 25.7 Å². The summed E-state index contributed by atoms with van der Waals surface area (Å²) in [4.78, 5) is 16.7. The van der Waals surface area contributed by atoms with Gasteiger partial charge >= 0.3 is 0 Å². The van der Waals surface area contributed by atoms with Gasteiger partial charge in [0.1, 0.15) is 6.33 Å². The summed E-state index contributed by atoms with van der Waals surface area (Å²) in [6.45, 7) is 0.925. The Morgan fingerprint density at radius 3 is 2.90 bits per heavy atom. The Labute approximate surface area is 123 Å². The molecule has 2 bridgehead atoms. The molecule has 0 spiro atoms. The van der Waals surface area contributed by atoms with Gasteiger partial charge in [-0.3, -0.25) is 4.57 Å². The number of anilines is 2. The van der Waals surface area contributed by atoms with Crippen LogP contribution in [0.4, 0.5) is 11.9 Å². The number of nitrogens with two attached hydrogens (primary N) is 1. The standard InChI is InChI=1S/C14H19N7/c15-12-18-13(20-14(19-12)21-4-3-16-8-21)17-7-11-6-9-1-2-10(11)5-9/h3-4,8-11H,1-2,5-7H2,(H3,15,17,18,19,20). The third-order valence-electron chi connectivity index (χ3n) is 4.78. The SMILES string of the molecule is Nc1nc(NCC2CC3CCC2C3)nc(-n2ccnc2)n1. The van der Waals surface area contributed by atoms with Crippen molar-refractivity contribution >= 4 is 11.9 Å². The molecule has 3 atom stereocenters. The first kappa shape index (κ1) is 12.6. The number of hydrogen-bond acceptors (Lipinski definition) is 6. The number of nitrogens with one attached hydrogen (secondary N) is 1. The van der Waals surface area contributed by atoms with Crippen LogP contribution in [0.25, 0.3) is 5.95 Å². The maximum atomic E-state index is 5.77. The molecular formula is C14H19N7. The van der Waals surface area contributed by atoms with Gasteiger partial charge in [-0.05, 0) is 37.0 Å². The molecule has 4 rings (SSSR count). The average Bonchev–Trinajstić information content (AvgIpc) is 3.21. The molecule has 0 aromatic carbocycles. The predicted octanol–water partition coefficient (Wildman–Crippen LogP) is 1.49. The summed E-state index contributed by atoms with van der Waals surface area (Å²) in [7, 11) is 0. The van der Waals surface area contributed by atoms with Crippen LogP contribution in [0.3, 0.4) is 0 Å². The lowest BCUT2D eigenvalue weighted by molar-refractivity contribution is 0.348. The molecule has 0 aliphatic heterocycles. The maximum Gasteiger partial charge on any atom is 0.241 e. The molecule has 3 unspecified atom stereocenters. The summed E-state index contributed by atoms with van der Waals surface area (Å²) < 4.78 is 1.72. The van der Waals surface area contributed by atoms with Gasteiger partial charge in [-0.1, -0.05) is 6.42 Å². The molecule has 7 nitrogen and oxygen atoms in total. The van der Waals surface area contributed by atoms with Gasteiger partial charge in [0.25, 0.3) is 0 Å². The zero-order valence-electron chi connectivity index (χ0n) is 11.8. The number of aromatic nitrogens is 5. The van der Waals surface area contributed by atoms with Gasteiger partial charge < -0.3 is 11.1 Å². The molecule has 0 saturated heterocycles. The molecule has 0 radical (unpaired) electrons. The quantitative estimate of drug-likeness (QED) is 0.883. The van der Waals surface area contributed by atoms with Gasteiger partial charge in [0, 0.05) is 18.9 Å². The van der Waals surface area contributed by atoms with Crippen molar-refractivity contribution in [1.82, 2.24) is 24.5 Å². The fraction of sp³-hybridized carbons (Fsp3) is 0.571. The van der Waals surface area contributed by atoms with E-state index in [0.29, 0.717) is 11.9 Å². The van der Waals surface area contributed by atoms with Gasteiger partial charge in [-0.15, -0.1) is 0 Å². The van der Waals surface area contributed by atoms with Crippen LogP contribution in [0, 0.1) is 17.8 Å². The highest BCUT2D eigenvalue weighted by atomic mass is 15.3. The zero-order valence-corrected chi connectivity index (χ0v) is 11.8. The Hall–Kier alpha value is -2.18. The fourth-order valence-corrected chi connectivity index (χ4v) is 3.80. The van der Waals surface area contributed by atoms with E-state index < -0.39 is 0 Å². The van der Waals surface area contributed by atoms with Gasteiger partial charge in [-0.25, -0.2) is 4.98 Å². The summed E-state index contributed by atoms with van der Waals surface area (Å²) in [6, 6.07) is 0. The molecular weight excluding hydrogens is 266 g/mol. The molecule has 110 valence electrons. The molecule has 2 aromatic rings. The number of rotatable bonds is 4. The lowest BCUT2D eigenvalue weighted by Gasteiger charge is -2.21. The van der Waals surface area contributed by atoms with E-state index >= 15 is 0 Å². The van der Waals surface area contributed by atoms with Crippen LogP contribution >= 0.6 is 0 Å². The number of nitrogen functional groups attached to an aromatic ring is 1. The normalized spacial score (nSPS) is 27.1. The van der Waals surface area contributed by atoms with Crippen LogP contribution in [-0.4, -0.2) is 31.0 Å². The summed E-state index contributed by atoms with van der Waals surface area (Å²) >= 11 is 0. The van der Waals surface area contributed by atoms with E-state index in [1.54, 1.807) is 23.3 Å². The molecule has 2 aromatic heterocycles. The van der Waals surface area contributed by atoms with Crippen molar-refractivity contribution in [3.05, 3.63) is 18.7 Å². The number of fused-ring (bicyclic) bond motifs is 2. The van der Waals surface area contributed by atoms with Crippen molar-refractivity contribution in [2.75, 3.05) is 17.6 Å². The van der Waals surface area contributed by atoms with E-state index in [-0.39, 0.29) is 5.95 Å². The smallest absolute Gasteiger partial charge is 0.241 e. The van der Waals surface area contributed by atoms with Gasteiger partial charge in [0.05, 0.1) is 0 Å². The van der Waals surface area contributed by atoms with Crippen molar-refractivity contribution in [3.8, 4) is 5.95 Å². The molecule has 0 amide bonds. The molecule has 2 fully saturated rings. The Morgan fingerprint density at radius 2 is 2.19 bits per heavy atom. The molecule has 2 aliphatic carbocycles.